The molecule has 2 aromatic heterocycles. The minimum Gasteiger partial charge on any atom is -0.422 e. The maximum atomic E-state index is 11.8. The van der Waals surface area contributed by atoms with Gasteiger partial charge in [-0.25, -0.2) is 4.79 Å². The Kier molecular flexibility index (Phi) is 2.47. The van der Waals surface area contributed by atoms with Crippen LogP contribution >= 0.6 is 11.3 Å². The van der Waals surface area contributed by atoms with Crippen molar-refractivity contribution in [3.05, 3.63) is 71.1 Å². The van der Waals surface area contributed by atoms with Gasteiger partial charge in [-0.15, -0.1) is 11.3 Å². The van der Waals surface area contributed by atoms with E-state index in [1.165, 1.54) is 4.70 Å². The van der Waals surface area contributed by atoms with Gasteiger partial charge in [-0.1, -0.05) is 48.5 Å². The van der Waals surface area contributed by atoms with Gasteiger partial charge < -0.3 is 4.42 Å². The Morgan fingerprint density at radius 1 is 0.850 bits per heavy atom. The van der Waals surface area contributed by atoms with Crippen molar-refractivity contribution >= 4 is 31.5 Å². The Bertz CT molecular complexity index is 965. The Hall–Kier alpha value is -2.39. The first-order valence-electron chi connectivity index (χ1n) is 6.34. The highest BCUT2D eigenvalue weighted by atomic mass is 32.1. The molecule has 0 aliphatic rings. The number of fused-ring (bicyclic) bond motifs is 3. The SMILES string of the molecule is O=c1cc2sc3ccccc3c2c(-c2ccccc2)o1. The smallest absolute Gasteiger partial charge is 0.337 e. The van der Waals surface area contributed by atoms with Crippen LogP contribution in [0.1, 0.15) is 0 Å². The van der Waals surface area contributed by atoms with E-state index in [9.17, 15) is 4.79 Å². The zero-order chi connectivity index (χ0) is 13.5. The fraction of sp³-hybridized carbons (Fsp3) is 0. The van der Waals surface area contributed by atoms with Crippen LogP contribution in [-0.2, 0) is 0 Å². The van der Waals surface area contributed by atoms with Gasteiger partial charge in [0.15, 0.2) is 0 Å². The maximum absolute atomic E-state index is 11.8. The Morgan fingerprint density at radius 2 is 1.60 bits per heavy atom. The van der Waals surface area contributed by atoms with Gasteiger partial charge in [0.05, 0.1) is 0 Å². The lowest BCUT2D eigenvalue weighted by Crippen LogP contribution is -1.96. The van der Waals surface area contributed by atoms with Crippen LogP contribution in [0, 0.1) is 0 Å². The molecule has 0 radical (unpaired) electrons. The molecule has 2 heterocycles. The molecule has 0 unspecified atom stereocenters. The predicted octanol–water partition coefficient (Wildman–Crippen LogP) is 4.67. The summed E-state index contributed by atoms with van der Waals surface area (Å²) in [6.07, 6.45) is 0. The maximum Gasteiger partial charge on any atom is 0.337 e. The highest BCUT2D eigenvalue weighted by molar-refractivity contribution is 7.25. The standard InChI is InChI=1S/C17H10O2S/c18-15-10-14-16(12-8-4-5-9-13(12)20-14)17(19-15)11-6-2-1-3-7-11/h1-10H. The van der Waals surface area contributed by atoms with Crippen LogP contribution in [0.25, 0.3) is 31.5 Å². The quantitative estimate of drug-likeness (QED) is 0.506. The Morgan fingerprint density at radius 3 is 2.45 bits per heavy atom. The lowest BCUT2D eigenvalue weighted by Gasteiger charge is -2.02. The molecule has 0 saturated carbocycles. The number of hydrogen-bond acceptors (Lipinski definition) is 3. The van der Waals surface area contributed by atoms with E-state index in [0.717, 1.165) is 21.0 Å². The van der Waals surface area contributed by atoms with E-state index < -0.39 is 0 Å². The van der Waals surface area contributed by atoms with E-state index in [4.69, 9.17) is 4.42 Å². The Balaban J connectivity index is 2.22. The first-order chi connectivity index (χ1) is 9.83. The number of thiophene rings is 1. The third kappa shape index (κ3) is 1.67. The molecule has 96 valence electrons. The van der Waals surface area contributed by atoms with Crippen molar-refractivity contribution < 1.29 is 4.42 Å². The lowest BCUT2D eigenvalue weighted by molar-refractivity contribution is 0.533. The van der Waals surface area contributed by atoms with Crippen LogP contribution in [0.15, 0.2) is 69.9 Å². The zero-order valence-corrected chi connectivity index (χ0v) is 11.3. The minimum atomic E-state index is -0.303. The van der Waals surface area contributed by atoms with Gasteiger partial charge in [0, 0.05) is 31.8 Å². The van der Waals surface area contributed by atoms with Crippen molar-refractivity contribution in [2.45, 2.75) is 0 Å². The molecule has 0 fully saturated rings. The number of benzene rings is 2. The summed E-state index contributed by atoms with van der Waals surface area (Å²) < 4.78 is 7.63. The molecule has 0 bridgehead atoms. The average molecular weight is 278 g/mol. The molecular formula is C17H10O2S. The molecule has 0 atom stereocenters. The second-order valence-electron chi connectivity index (χ2n) is 4.60. The highest BCUT2D eigenvalue weighted by Gasteiger charge is 2.13. The lowest BCUT2D eigenvalue weighted by atomic mass is 10.1. The van der Waals surface area contributed by atoms with Crippen molar-refractivity contribution in [2.75, 3.05) is 0 Å². The van der Waals surface area contributed by atoms with Crippen LogP contribution in [0.3, 0.4) is 0 Å². The predicted molar refractivity (Wildman–Crippen MR) is 83.3 cm³/mol. The van der Waals surface area contributed by atoms with E-state index in [0.29, 0.717) is 5.76 Å². The van der Waals surface area contributed by atoms with Crippen molar-refractivity contribution in [3.63, 3.8) is 0 Å². The second-order valence-corrected chi connectivity index (χ2v) is 5.68. The van der Waals surface area contributed by atoms with E-state index >= 15 is 0 Å². The Labute approximate surface area is 118 Å². The summed E-state index contributed by atoms with van der Waals surface area (Å²) in [5.41, 5.74) is 0.627. The molecule has 0 N–H and O–H groups in total. The number of rotatable bonds is 1. The molecule has 0 aliphatic carbocycles. The van der Waals surface area contributed by atoms with E-state index in [-0.39, 0.29) is 5.63 Å². The van der Waals surface area contributed by atoms with Gasteiger partial charge in [0.1, 0.15) is 5.76 Å². The van der Waals surface area contributed by atoms with Crippen molar-refractivity contribution in [1.29, 1.82) is 0 Å². The van der Waals surface area contributed by atoms with Gasteiger partial charge in [0.2, 0.25) is 0 Å². The molecule has 0 amide bonds. The summed E-state index contributed by atoms with van der Waals surface area (Å²) in [6.45, 7) is 0. The first kappa shape index (κ1) is 11.4. The minimum absolute atomic E-state index is 0.303. The van der Waals surface area contributed by atoms with Crippen LogP contribution < -0.4 is 5.63 Å². The van der Waals surface area contributed by atoms with Gasteiger partial charge >= 0.3 is 5.63 Å². The van der Waals surface area contributed by atoms with Crippen molar-refractivity contribution in [2.24, 2.45) is 0 Å². The molecule has 4 aromatic rings. The first-order valence-corrected chi connectivity index (χ1v) is 7.15. The largest absolute Gasteiger partial charge is 0.422 e. The summed E-state index contributed by atoms with van der Waals surface area (Å²) in [5, 5.41) is 2.16. The second kappa shape index (κ2) is 4.32. The molecule has 2 aromatic carbocycles. The van der Waals surface area contributed by atoms with Crippen LogP contribution in [-0.4, -0.2) is 0 Å². The molecule has 2 nitrogen and oxygen atoms in total. The summed E-state index contributed by atoms with van der Waals surface area (Å²) in [6, 6.07) is 19.5. The summed E-state index contributed by atoms with van der Waals surface area (Å²) in [7, 11) is 0. The van der Waals surface area contributed by atoms with Gasteiger partial charge in [-0.2, -0.15) is 0 Å². The third-order valence-electron chi connectivity index (χ3n) is 3.34. The summed E-state index contributed by atoms with van der Waals surface area (Å²) in [4.78, 5) is 11.8. The number of hydrogen-bond donors (Lipinski definition) is 0. The normalized spacial score (nSPS) is 11.2. The van der Waals surface area contributed by atoms with Gasteiger partial charge in [-0.05, 0) is 6.07 Å². The van der Waals surface area contributed by atoms with Crippen molar-refractivity contribution in [1.82, 2.24) is 0 Å². The van der Waals surface area contributed by atoms with E-state index in [1.54, 1.807) is 17.4 Å². The summed E-state index contributed by atoms with van der Waals surface area (Å²) >= 11 is 1.62. The molecule has 20 heavy (non-hydrogen) atoms. The molecule has 4 rings (SSSR count). The van der Waals surface area contributed by atoms with E-state index in [1.807, 2.05) is 42.5 Å². The summed E-state index contributed by atoms with van der Waals surface area (Å²) in [5.74, 6) is 0.658. The van der Waals surface area contributed by atoms with Gasteiger partial charge in [-0.3, -0.25) is 0 Å². The zero-order valence-electron chi connectivity index (χ0n) is 10.5. The highest BCUT2D eigenvalue weighted by Crippen LogP contribution is 2.38. The average Bonchev–Trinajstić information content (AvgIpc) is 2.85. The topological polar surface area (TPSA) is 30.2 Å². The van der Waals surface area contributed by atoms with Gasteiger partial charge in [0.25, 0.3) is 0 Å². The fourth-order valence-electron chi connectivity index (χ4n) is 2.48. The van der Waals surface area contributed by atoms with Crippen LogP contribution in [0.2, 0.25) is 0 Å². The monoisotopic (exact) mass is 278 g/mol. The molecular weight excluding hydrogens is 268 g/mol. The molecule has 0 spiro atoms. The molecule has 0 saturated heterocycles. The van der Waals surface area contributed by atoms with E-state index in [2.05, 4.69) is 12.1 Å². The molecule has 0 aliphatic heterocycles. The molecule has 3 heteroatoms. The van der Waals surface area contributed by atoms with Crippen molar-refractivity contribution in [3.8, 4) is 11.3 Å². The van der Waals surface area contributed by atoms with Crippen LogP contribution in [0.4, 0.5) is 0 Å². The fourth-order valence-corrected chi connectivity index (χ4v) is 3.60. The third-order valence-corrected chi connectivity index (χ3v) is 4.46. The van der Waals surface area contributed by atoms with Crippen LogP contribution in [0.5, 0.6) is 0 Å².